The molecular formula is C28H30BrClN2O2S. The van der Waals surface area contributed by atoms with Gasteiger partial charge in [-0.25, -0.2) is 0 Å². The molecule has 0 saturated heterocycles. The van der Waals surface area contributed by atoms with E-state index in [1.165, 1.54) is 11.8 Å². The third-order valence-corrected chi connectivity index (χ3v) is 7.33. The van der Waals surface area contributed by atoms with Gasteiger partial charge in [0.1, 0.15) is 6.04 Å². The van der Waals surface area contributed by atoms with Crippen molar-refractivity contribution in [2.45, 2.75) is 38.1 Å². The highest BCUT2D eigenvalue weighted by Crippen LogP contribution is 2.23. The summed E-state index contributed by atoms with van der Waals surface area (Å²) in [6.45, 7) is 2.94. The molecule has 3 aromatic rings. The van der Waals surface area contributed by atoms with Gasteiger partial charge in [-0.3, -0.25) is 9.59 Å². The summed E-state index contributed by atoms with van der Waals surface area (Å²) in [5.74, 6) is 0.678. The first-order valence-electron chi connectivity index (χ1n) is 11.6. The van der Waals surface area contributed by atoms with Gasteiger partial charge in [0.15, 0.2) is 0 Å². The van der Waals surface area contributed by atoms with Crippen LogP contribution in [0.5, 0.6) is 0 Å². The monoisotopic (exact) mass is 572 g/mol. The summed E-state index contributed by atoms with van der Waals surface area (Å²) in [5.41, 5.74) is 2.97. The molecule has 0 radical (unpaired) electrons. The lowest BCUT2D eigenvalue weighted by molar-refractivity contribution is -0.139. The van der Waals surface area contributed by atoms with Crippen LogP contribution in [0, 0.1) is 0 Å². The fourth-order valence-electron chi connectivity index (χ4n) is 3.70. The second-order valence-corrected chi connectivity index (χ2v) is 10.5. The molecule has 0 bridgehead atoms. The van der Waals surface area contributed by atoms with Gasteiger partial charge in [0.2, 0.25) is 11.8 Å². The summed E-state index contributed by atoms with van der Waals surface area (Å²) in [6, 6.07) is 24.7. The molecule has 0 spiro atoms. The highest BCUT2D eigenvalue weighted by atomic mass is 79.9. The Kier molecular flexibility index (Phi) is 11.2. The van der Waals surface area contributed by atoms with Gasteiger partial charge >= 0.3 is 0 Å². The van der Waals surface area contributed by atoms with Crippen LogP contribution in [0.1, 0.15) is 30.0 Å². The summed E-state index contributed by atoms with van der Waals surface area (Å²) in [6.07, 6.45) is 1.28. The van der Waals surface area contributed by atoms with E-state index < -0.39 is 6.04 Å². The van der Waals surface area contributed by atoms with E-state index in [1.807, 2.05) is 85.8 Å². The molecule has 0 heterocycles. The van der Waals surface area contributed by atoms with Crippen molar-refractivity contribution in [3.63, 3.8) is 0 Å². The van der Waals surface area contributed by atoms with Gasteiger partial charge in [-0.15, -0.1) is 11.8 Å². The van der Waals surface area contributed by atoms with E-state index in [0.29, 0.717) is 30.3 Å². The van der Waals surface area contributed by atoms with E-state index in [1.54, 1.807) is 4.90 Å². The highest BCUT2D eigenvalue weighted by molar-refractivity contribution is 9.10. The van der Waals surface area contributed by atoms with E-state index in [9.17, 15) is 9.59 Å². The van der Waals surface area contributed by atoms with Gasteiger partial charge in [-0.1, -0.05) is 95.1 Å². The summed E-state index contributed by atoms with van der Waals surface area (Å²) in [7, 11) is 0. The Labute approximate surface area is 225 Å². The van der Waals surface area contributed by atoms with Gasteiger partial charge in [-0.05, 0) is 41.3 Å². The predicted molar refractivity (Wildman–Crippen MR) is 150 cm³/mol. The van der Waals surface area contributed by atoms with Crippen LogP contribution < -0.4 is 5.32 Å². The van der Waals surface area contributed by atoms with Crippen molar-refractivity contribution in [2.24, 2.45) is 0 Å². The van der Waals surface area contributed by atoms with Crippen molar-refractivity contribution in [3.05, 3.63) is 105 Å². The molecule has 0 unspecified atom stereocenters. The van der Waals surface area contributed by atoms with Crippen molar-refractivity contribution in [1.82, 2.24) is 10.2 Å². The van der Waals surface area contributed by atoms with Gasteiger partial charge in [0.05, 0.1) is 5.75 Å². The first-order valence-corrected chi connectivity index (χ1v) is 14.0. The first-order chi connectivity index (χ1) is 17.0. The number of hydrogen-bond donors (Lipinski definition) is 1. The van der Waals surface area contributed by atoms with Crippen LogP contribution in [0.25, 0.3) is 0 Å². The molecule has 0 fully saturated rings. The Hall–Kier alpha value is -2.28. The topological polar surface area (TPSA) is 49.4 Å². The maximum atomic E-state index is 13.6. The minimum Gasteiger partial charge on any atom is -0.354 e. The van der Waals surface area contributed by atoms with Crippen LogP contribution in [0.2, 0.25) is 5.02 Å². The van der Waals surface area contributed by atoms with E-state index in [4.69, 9.17) is 11.6 Å². The smallest absolute Gasteiger partial charge is 0.243 e. The third-order valence-electron chi connectivity index (χ3n) is 5.50. The average molecular weight is 574 g/mol. The van der Waals surface area contributed by atoms with Crippen molar-refractivity contribution < 1.29 is 9.59 Å². The molecule has 1 atom stereocenters. The Balaban J connectivity index is 1.84. The molecule has 35 heavy (non-hydrogen) atoms. The van der Waals surface area contributed by atoms with Gasteiger partial charge in [0, 0.05) is 34.8 Å². The highest BCUT2D eigenvalue weighted by Gasteiger charge is 2.30. The maximum absolute atomic E-state index is 13.6. The molecule has 0 aliphatic rings. The molecule has 2 amide bonds. The van der Waals surface area contributed by atoms with E-state index in [0.717, 1.165) is 27.6 Å². The number of amides is 2. The molecule has 4 nitrogen and oxygen atoms in total. The number of carbonyl (C=O) groups excluding carboxylic acids is 2. The quantitative estimate of drug-likeness (QED) is 0.269. The minimum atomic E-state index is -0.614. The number of halogens is 2. The summed E-state index contributed by atoms with van der Waals surface area (Å²) < 4.78 is 0.936. The van der Waals surface area contributed by atoms with Crippen LogP contribution in [0.15, 0.2) is 83.3 Å². The van der Waals surface area contributed by atoms with Crippen molar-refractivity contribution >= 4 is 51.1 Å². The normalized spacial score (nSPS) is 11.6. The van der Waals surface area contributed by atoms with Crippen LogP contribution in [0.3, 0.4) is 0 Å². The summed E-state index contributed by atoms with van der Waals surface area (Å²) >= 11 is 11.3. The SMILES string of the molecule is CCCNC(=O)[C@@H](Cc1ccccc1)N(Cc1cccc(Br)c1)C(=O)CSCc1ccccc1Cl. The summed E-state index contributed by atoms with van der Waals surface area (Å²) in [4.78, 5) is 28.6. The molecule has 7 heteroatoms. The molecule has 3 rings (SSSR count). The Morgan fingerprint density at radius 3 is 2.43 bits per heavy atom. The Bertz CT molecular complexity index is 1110. The lowest BCUT2D eigenvalue weighted by atomic mass is 10.0. The number of carbonyl (C=O) groups is 2. The van der Waals surface area contributed by atoms with E-state index >= 15 is 0 Å². The van der Waals surface area contributed by atoms with Gasteiger partial charge in [0.25, 0.3) is 0 Å². The molecule has 184 valence electrons. The second kappa shape index (κ2) is 14.3. The number of benzene rings is 3. The predicted octanol–water partition coefficient (Wildman–Crippen LogP) is 6.50. The standard InChI is InChI=1S/C28H30BrClN2O2S/c1-2-15-31-28(34)26(17-21-9-4-3-5-10-21)32(18-22-11-8-13-24(29)16-22)27(33)20-35-19-23-12-6-7-14-25(23)30/h3-14,16,26H,2,15,17-20H2,1H3,(H,31,34)/t26-/m1/s1. The Morgan fingerprint density at radius 1 is 1.00 bits per heavy atom. The van der Waals surface area contributed by atoms with Crippen LogP contribution in [-0.4, -0.2) is 35.1 Å². The minimum absolute atomic E-state index is 0.0744. The van der Waals surface area contributed by atoms with E-state index in [2.05, 4.69) is 21.2 Å². The van der Waals surface area contributed by atoms with E-state index in [-0.39, 0.29) is 17.6 Å². The zero-order valence-corrected chi connectivity index (χ0v) is 22.9. The number of hydrogen-bond acceptors (Lipinski definition) is 3. The van der Waals surface area contributed by atoms with Gasteiger partial charge < -0.3 is 10.2 Å². The summed E-state index contributed by atoms with van der Waals surface area (Å²) in [5, 5.41) is 3.70. The zero-order valence-electron chi connectivity index (χ0n) is 19.8. The number of thioether (sulfide) groups is 1. The molecule has 0 aliphatic heterocycles. The largest absolute Gasteiger partial charge is 0.354 e. The number of nitrogens with zero attached hydrogens (tertiary/aromatic N) is 1. The van der Waals surface area contributed by atoms with Crippen LogP contribution in [0.4, 0.5) is 0 Å². The number of rotatable bonds is 12. The van der Waals surface area contributed by atoms with Crippen molar-refractivity contribution in [2.75, 3.05) is 12.3 Å². The fraction of sp³-hybridized carbons (Fsp3) is 0.286. The first kappa shape index (κ1) is 27.3. The van der Waals surface area contributed by atoms with Gasteiger partial charge in [-0.2, -0.15) is 0 Å². The van der Waals surface area contributed by atoms with Crippen LogP contribution in [-0.2, 0) is 28.3 Å². The molecule has 3 aromatic carbocycles. The number of nitrogens with one attached hydrogen (secondary N) is 1. The average Bonchev–Trinajstić information content (AvgIpc) is 2.86. The molecular weight excluding hydrogens is 544 g/mol. The maximum Gasteiger partial charge on any atom is 0.243 e. The fourth-order valence-corrected chi connectivity index (χ4v) is 5.34. The lowest BCUT2D eigenvalue weighted by Gasteiger charge is -2.31. The molecule has 0 aromatic heterocycles. The second-order valence-electron chi connectivity index (χ2n) is 8.23. The Morgan fingerprint density at radius 2 is 1.71 bits per heavy atom. The third kappa shape index (κ3) is 8.71. The lowest BCUT2D eigenvalue weighted by Crippen LogP contribution is -2.51. The van der Waals surface area contributed by atoms with Crippen LogP contribution >= 0.6 is 39.3 Å². The molecule has 1 N–H and O–H groups in total. The zero-order chi connectivity index (χ0) is 25.0. The van der Waals surface area contributed by atoms with Crippen molar-refractivity contribution in [3.8, 4) is 0 Å². The molecule has 0 saturated carbocycles. The molecule has 0 aliphatic carbocycles. The van der Waals surface area contributed by atoms with Crippen molar-refractivity contribution in [1.29, 1.82) is 0 Å².